The van der Waals surface area contributed by atoms with Crippen molar-refractivity contribution >= 4 is 5.97 Å². The van der Waals surface area contributed by atoms with Crippen molar-refractivity contribution in [3.63, 3.8) is 0 Å². The Morgan fingerprint density at radius 3 is 3.19 bits per heavy atom. The average molecular weight is 293 g/mol. The highest BCUT2D eigenvalue weighted by Crippen LogP contribution is 2.22. The molecular formula is C13H15N3O5. The zero-order valence-corrected chi connectivity index (χ0v) is 11.4. The highest BCUT2D eigenvalue weighted by molar-refractivity contribution is 5.76. The number of aliphatic hydroxyl groups is 1. The smallest absolute Gasteiger partial charge is 0.323 e. The molecule has 0 aliphatic carbocycles. The second kappa shape index (κ2) is 5.66. The molecule has 0 bridgehead atoms. The fraction of sp³-hybridized carbons (Fsp3) is 0.462. The molecule has 2 atom stereocenters. The lowest BCUT2D eigenvalue weighted by molar-refractivity contribution is -0.146. The number of rotatable bonds is 4. The zero-order chi connectivity index (χ0) is 14.8. The van der Waals surface area contributed by atoms with Crippen molar-refractivity contribution in [3.05, 3.63) is 24.3 Å². The van der Waals surface area contributed by atoms with Crippen molar-refractivity contribution < 1.29 is 23.6 Å². The Balaban J connectivity index is 1.72. The largest absolute Gasteiger partial charge is 0.468 e. The topological polar surface area (TPSA) is 102 Å². The van der Waals surface area contributed by atoms with Gasteiger partial charge in [-0.3, -0.25) is 9.69 Å². The van der Waals surface area contributed by atoms with Gasteiger partial charge >= 0.3 is 5.97 Å². The number of ether oxygens (including phenoxy) is 1. The van der Waals surface area contributed by atoms with E-state index >= 15 is 0 Å². The summed E-state index contributed by atoms with van der Waals surface area (Å²) in [5, 5.41) is 13.5. The molecule has 21 heavy (non-hydrogen) atoms. The van der Waals surface area contributed by atoms with E-state index in [2.05, 4.69) is 10.1 Å². The van der Waals surface area contributed by atoms with Gasteiger partial charge in [0.25, 0.3) is 0 Å². The predicted octanol–water partition coefficient (Wildman–Crippen LogP) is 0.438. The number of hydrogen-bond acceptors (Lipinski definition) is 8. The highest BCUT2D eigenvalue weighted by Gasteiger charge is 2.37. The van der Waals surface area contributed by atoms with Crippen LogP contribution in [0.5, 0.6) is 0 Å². The zero-order valence-electron chi connectivity index (χ0n) is 11.4. The Morgan fingerprint density at radius 1 is 1.62 bits per heavy atom. The molecular weight excluding hydrogens is 278 g/mol. The number of aliphatic hydroxyl groups excluding tert-OH is 1. The third-order valence-corrected chi connectivity index (χ3v) is 3.40. The molecule has 0 amide bonds. The quantitative estimate of drug-likeness (QED) is 0.810. The maximum absolute atomic E-state index is 11.7. The highest BCUT2D eigenvalue weighted by atomic mass is 16.5. The molecule has 0 saturated carbocycles. The van der Waals surface area contributed by atoms with E-state index in [1.165, 1.54) is 13.4 Å². The minimum Gasteiger partial charge on any atom is -0.468 e. The van der Waals surface area contributed by atoms with Crippen LogP contribution in [0.3, 0.4) is 0 Å². The van der Waals surface area contributed by atoms with Gasteiger partial charge in [-0.05, 0) is 12.1 Å². The lowest BCUT2D eigenvalue weighted by Gasteiger charge is -2.19. The Labute approximate surface area is 120 Å². The molecule has 0 unspecified atom stereocenters. The second-order valence-electron chi connectivity index (χ2n) is 4.85. The molecule has 8 heteroatoms. The monoisotopic (exact) mass is 293 g/mol. The standard InChI is InChI=1S/C13H15N3O5/c1-19-13(18)9-5-8(17)6-16(9)7-11-14-12(15-21-11)10-3-2-4-20-10/h2-4,8-9,17H,5-7H2,1H3/t8-,9+/m1/s1. The minimum absolute atomic E-state index is 0.268. The molecule has 3 rings (SSSR count). The van der Waals surface area contributed by atoms with Gasteiger partial charge < -0.3 is 18.8 Å². The van der Waals surface area contributed by atoms with Gasteiger partial charge in [0.05, 0.1) is 26.0 Å². The van der Waals surface area contributed by atoms with Crippen molar-refractivity contribution in [2.75, 3.05) is 13.7 Å². The first-order valence-corrected chi connectivity index (χ1v) is 6.54. The van der Waals surface area contributed by atoms with E-state index in [0.29, 0.717) is 30.4 Å². The molecule has 8 nitrogen and oxygen atoms in total. The van der Waals surface area contributed by atoms with Crippen LogP contribution >= 0.6 is 0 Å². The van der Waals surface area contributed by atoms with Crippen LogP contribution in [0.4, 0.5) is 0 Å². The third kappa shape index (κ3) is 2.81. The summed E-state index contributed by atoms with van der Waals surface area (Å²) < 4.78 is 15.1. The van der Waals surface area contributed by atoms with Crippen LogP contribution in [0.25, 0.3) is 11.6 Å². The summed E-state index contributed by atoms with van der Waals surface area (Å²) in [4.78, 5) is 17.7. The summed E-state index contributed by atoms with van der Waals surface area (Å²) in [6.07, 6.45) is 1.29. The van der Waals surface area contributed by atoms with Crippen molar-refractivity contribution in [2.45, 2.75) is 25.1 Å². The van der Waals surface area contributed by atoms with Gasteiger partial charge in [-0.25, -0.2) is 0 Å². The first kappa shape index (κ1) is 13.8. The number of aromatic nitrogens is 2. The summed E-state index contributed by atoms with van der Waals surface area (Å²) in [6, 6.07) is 2.96. The molecule has 2 aromatic heterocycles. The van der Waals surface area contributed by atoms with Crippen LogP contribution in [-0.4, -0.2) is 51.9 Å². The average Bonchev–Trinajstić information content (AvgIpc) is 3.18. The lowest BCUT2D eigenvalue weighted by Crippen LogP contribution is -2.36. The number of furan rings is 1. The van der Waals surface area contributed by atoms with E-state index in [-0.39, 0.29) is 12.5 Å². The fourth-order valence-electron chi connectivity index (χ4n) is 2.43. The number of hydrogen-bond donors (Lipinski definition) is 1. The normalized spacial score (nSPS) is 22.6. The summed E-state index contributed by atoms with van der Waals surface area (Å²) in [5.74, 6) is 0.835. The first-order valence-electron chi connectivity index (χ1n) is 6.54. The minimum atomic E-state index is -0.568. The molecule has 1 aliphatic rings. The van der Waals surface area contributed by atoms with E-state index < -0.39 is 12.1 Å². The summed E-state index contributed by atoms with van der Waals surface area (Å²) in [5.41, 5.74) is 0. The molecule has 0 spiro atoms. The molecule has 0 aromatic carbocycles. The molecule has 3 heterocycles. The van der Waals surface area contributed by atoms with E-state index in [0.717, 1.165) is 0 Å². The Morgan fingerprint density at radius 2 is 2.48 bits per heavy atom. The number of nitrogens with zero attached hydrogens (tertiary/aromatic N) is 3. The van der Waals surface area contributed by atoms with Gasteiger partial charge in [-0.1, -0.05) is 5.16 Å². The number of carbonyl (C=O) groups is 1. The maximum atomic E-state index is 11.7. The van der Waals surface area contributed by atoms with Crippen LogP contribution in [-0.2, 0) is 16.1 Å². The molecule has 0 radical (unpaired) electrons. The second-order valence-corrected chi connectivity index (χ2v) is 4.85. The molecule has 2 aromatic rings. The van der Waals surface area contributed by atoms with E-state index in [4.69, 9.17) is 13.7 Å². The van der Waals surface area contributed by atoms with Crippen molar-refractivity contribution in [1.29, 1.82) is 0 Å². The molecule has 1 fully saturated rings. The van der Waals surface area contributed by atoms with Gasteiger partial charge in [0.15, 0.2) is 5.76 Å². The summed E-state index contributed by atoms with van der Waals surface area (Å²) in [6.45, 7) is 0.628. The van der Waals surface area contributed by atoms with Gasteiger partial charge in [-0.15, -0.1) is 0 Å². The Bertz CT molecular complexity index is 609. The maximum Gasteiger partial charge on any atom is 0.323 e. The van der Waals surface area contributed by atoms with Gasteiger partial charge in [0.2, 0.25) is 11.7 Å². The molecule has 112 valence electrons. The van der Waals surface area contributed by atoms with Crippen LogP contribution < -0.4 is 0 Å². The Hall–Kier alpha value is -2.19. The van der Waals surface area contributed by atoms with E-state index in [9.17, 15) is 9.90 Å². The first-order chi connectivity index (χ1) is 10.2. The van der Waals surface area contributed by atoms with E-state index in [1.54, 1.807) is 17.0 Å². The van der Waals surface area contributed by atoms with Gasteiger partial charge in [-0.2, -0.15) is 4.98 Å². The summed E-state index contributed by atoms with van der Waals surface area (Å²) in [7, 11) is 1.33. The fourth-order valence-corrected chi connectivity index (χ4v) is 2.43. The molecule has 1 saturated heterocycles. The van der Waals surface area contributed by atoms with Gasteiger partial charge in [0.1, 0.15) is 6.04 Å². The Kier molecular flexibility index (Phi) is 3.72. The van der Waals surface area contributed by atoms with Crippen molar-refractivity contribution in [2.24, 2.45) is 0 Å². The number of carbonyl (C=O) groups excluding carboxylic acids is 1. The molecule has 1 N–H and O–H groups in total. The number of esters is 1. The number of methoxy groups -OCH3 is 1. The van der Waals surface area contributed by atoms with Crippen LogP contribution in [0.2, 0.25) is 0 Å². The van der Waals surface area contributed by atoms with Crippen LogP contribution in [0.1, 0.15) is 12.3 Å². The van der Waals surface area contributed by atoms with Crippen LogP contribution in [0.15, 0.2) is 27.3 Å². The third-order valence-electron chi connectivity index (χ3n) is 3.40. The summed E-state index contributed by atoms with van der Waals surface area (Å²) >= 11 is 0. The lowest BCUT2D eigenvalue weighted by atomic mass is 10.2. The number of β-amino-alcohol motifs (C(OH)–C–C–N with tert-alkyl or cyclic N) is 1. The predicted molar refractivity (Wildman–Crippen MR) is 68.8 cm³/mol. The van der Waals surface area contributed by atoms with Gasteiger partial charge in [0, 0.05) is 13.0 Å². The SMILES string of the molecule is COC(=O)[C@@H]1C[C@@H](O)CN1Cc1nc(-c2ccco2)no1. The van der Waals surface area contributed by atoms with E-state index in [1.807, 2.05) is 0 Å². The van der Waals surface area contributed by atoms with Crippen LogP contribution in [0, 0.1) is 0 Å². The number of likely N-dealkylation sites (tertiary alicyclic amines) is 1. The van der Waals surface area contributed by atoms with Crippen molar-refractivity contribution in [1.82, 2.24) is 15.0 Å². The van der Waals surface area contributed by atoms with Crippen molar-refractivity contribution in [3.8, 4) is 11.6 Å². The molecule has 1 aliphatic heterocycles.